The maximum Gasteiger partial charge on any atom is 0.338 e. The third kappa shape index (κ3) is 3.85. The SMILES string of the molecule is CCOC(=O)c1cccc(N2C(=O)C3C4c5ccc(C(C)(C)C)cc5C(c5ccc(C(C)(C)C)cc54)C3C2=O)c1. The van der Waals surface area contributed by atoms with Crippen molar-refractivity contribution in [1.29, 1.82) is 0 Å². The van der Waals surface area contributed by atoms with Crippen LogP contribution in [0.4, 0.5) is 5.69 Å². The second kappa shape index (κ2) is 8.89. The summed E-state index contributed by atoms with van der Waals surface area (Å²) in [7, 11) is 0. The molecule has 5 heteroatoms. The number of amides is 2. The van der Waals surface area contributed by atoms with Gasteiger partial charge in [-0.2, -0.15) is 0 Å². The molecule has 4 aliphatic rings. The number of carbonyl (C=O) groups excluding carboxylic acids is 3. The zero-order valence-electron chi connectivity index (χ0n) is 24.4. The molecule has 3 aromatic rings. The lowest BCUT2D eigenvalue weighted by atomic mass is 9.54. The zero-order chi connectivity index (χ0) is 28.7. The van der Waals surface area contributed by atoms with Crippen molar-refractivity contribution in [1.82, 2.24) is 0 Å². The Morgan fingerprint density at radius 3 is 1.68 bits per heavy atom. The lowest BCUT2D eigenvalue weighted by Crippen LogP contribution is -2.42. The van der Waals surface area contributed by atoms with Gasteiger partial charge in [-0.05, 0) is 69.3 Å². The van der Waals surface area contributed by atoms with Crippen LogP contribution in [-0.4, -0.2) is 24.4 Å². The fourth-order valence-corrected chi connectivity index (χ4v) is 6.95. The molecule has 0 saturated carbocycles. The molecule has 7 rings (SSSR count). The van der Waals surface area contributed by atoms with E-state index in [-0.39, 0.29) is 41.1 Å². The molecule has 2 bridgehead atoms. The lowest BCUT2D eigenvalue weighted by Gasteiger charge is -2.47. The van der Waals surface area contributed by atoms with Gasteiger partial charge in [0.1, 0.15) is 0 Å². The van der Waals surface area contributed by atoms with Gasteiger partial charge >= 0.3 is 5.97 Å². The standard InChI is InChI=1S/C35H37NO4/c1-8-40-33(39)19-10-9-11-22(16-19)36-31(37)29-27-24-15-13-21(35(5,6)7)18-26(24)28(30(29)32(36)38)23-14-12-20(17-25(23)27)34(2,3)4/h9-18,27-30H,8H2,1-7H3. The van der Waals surface area contributed by atoms with Crippen molar-refractivity contribution in [2.24, 2.45) is 11.8 Å². The highest BCUT2D eigenvalue weighted by Crippen LogP contribution is 2.62. The average Bonchev–Trinajstić information content (AvgIpc) is 3.17. The highest BCUT2D eigenvalue weighted by Gasteiger charge is 2.62. The van der Waals surface area contributed by atoms with E-state index in [0.717, 1.165) is 22.3 Å². The lowest BCUT2D eigenvalue weighted by molar-refractivity contribution is -0.122. The number of anilines is 1. The number of hydrogen-bond acceptors (Lipinski definition) is 4. The van der Waals surface area contributed by atoms with Crippen LogP contribution in [0.2, 0.25) is 0 Å². The van der Waals surface area contributed by atoms with Crippen LogP contribution in [0.25, 0.3) is 0 Å². The third-order valence-corrected chi connectivity index (χ3v) is 8.98. The minimum Gasteiger partial charge on any atom is -0.462 e. The minimum atomic E-state index is -0.487. The monoisotopic (exact) mass is 535 g/mol. The molecule has 40 heavy (non-hydrogen) atoms. The predicted molar refractivity (Wildman–Crippen MR) is 156 cm³/mol. The van der Waals surface area contributed by atoms with Gasteiger partial charge in [-0.3, -0.25) is 9.59 Å². The van der Waals surface area contributed by atoms with Gasteiger partial charge in [-0.1, -0.05) is 84.0 Å². The van der Waals surface area contributed by atoms with Crippen LogP contribution in [0, 0.1) is 11.8 Å². The van der Waals surface area contributed by atoms with Crippen LogP contribution in [-0.2, 0) is 25.2 Å². The van der Waals surface area contributed by atoms with E-state index in [9.17, 15) is 14.4 Å². The Labute approximate surface area is 236 Å². The Balaban J connectivity index is 1.52. The van der Waals surface area contributed by atoms with E-state index < -0.39 is 17.8 Å². The Morgan fingerprint density at radius 2 is 1.23 bits per heavy atom. The molecule has 0 aromatic heterocycles. The summed E-state index contributed by atoms with van der Waals surface area (Å²) in [5.74, 6) is -2.23. The fraction of sp³-hybridized carbons (Fsp3) is 0.400. The summed E-state index contributed by atoms with van der Waals surface area (Å²) in [6, 6.07) is 20.0. The Morgan fingerprint density at radius 1 is 0.725 bits per heavy atom. The molecule has 0 radical (unpaired) electrons. The molecule has 1 fully saturated rings. The summed E-state index contributed by atoms with van der Waals surface area (Å²) in [4.78, 5) is 42.3. The number of nitrogens with zero attached hydrogens (tertiary/aromatic N) is 1. The Bertz CT molecular complexity index is 1480. The van der Waals surface area contributed by atoms with Crippen LogP contribution in [0.1, 0.15) is 104 Å². The molecule has 0 spiro atoms. The molecule has 0 N–H and O–H groups in total. The van der Waals surface area contributed by atoms with E-state index in [1.165, 1.54) is 16.0 Å². The van der Waals surface area contributed by atoms with E-state index in [1.54, 1.807) is 31.2 Å². The number of hydrogen-bond donors (Lipinski definition) is 0. The second-order valence-corrected chi connectivity index (χ2v) is 13.5. The highest BCUT2D eigenvalue weighted by atomic mass is 16.5. The van der Waals surface area contributed by atoms with Crippen molar-refractivity contribution < 1.29 is 19.1 Å². The topological polar surface area (TPSA) is 63.7 Å². The van der Waals surface area contributed by atoms with Gasteiger partial charge in [0.15, 0.2) is 0 Å². The first-order valence-corrected chi connectivity index (χ1v) is 14.3. The summed E-state index contributed by atoms with van der Waals surface area (Å²) in [6.07, 6.45) is 0. The molecule has 206 valence electrons. The second-order valence-electron chi connectivity index (χ2n) is 13.5. The first kappa shape index (κ1) is 26.5. The smallest absolute Gasteiger partial charge is 0.338 e. The van der Waals surface area contributed by atoms with Gasteiger partial charge in [0, 0.05) is 11.8 Å². The fourth-order valence-electron chi connectivity index (χ4n) is 6.95. The normalized spacial score (nSPS) is 23.1. The van der Waals surface area contributed by atoms with Crippen molar-refractivity contribution in [3.05, 3.63) is 99.6 Å². The molecular formula is C35H37NO4. The van der Waals surface area contributed by atoms with E-state index in [1.807, 2.05) is 0 Å². The molecule has 3 aromatic carbocycles. The van der Waals surface area contributed by atoms with Crippen molar-refractivity contribution in [3.8, 4) is 0 Å². The van der Waals surface area contributed by atoms with Crippen LogP contribution in [0.5, 0.6) is 0 Å². The molecule has 1 aliphatic heterocycles. The molecule has 5 nitrogen and oxygen atoms in total. The summed E-state index contributed by atoms with van der Waals surface area (Å²) in [5.41, 5.74) is 7.75. The first-order valence-electron chi connectivity index (χ1n) is 14.3. The number of esters is 1. The summed E-state index contributed by atoms with van der Waals surface area (Å²) < 4.78 is 5.17. The molecular weight excluding hydrogens is 498 g/mol. The Hall–Kier alpha value is -3.73. The molecule has 1 saturated heterocycles. The first-order chi connectivity index (χ1) is 18.8. The molecule has 2 amide bonds. The van der Waals surface area contributed by atoms with Crippen molar-refractivity contribution >= 4 is 23.5 Å². The van der Waals surface area contributed by atoms with Gasteiger partial charge < -0.3 is 4.74 Å². The molecule has 4 atom stereocenters. The van der Waals surface area contributed by atoms with Gasteiger partial charge in [0.05, 0.1) is 29.7 Å². The van der Waals surface area contributed by atoms with E-state index >= 15 is 0 Å². The van der Waals surface area contributed by atoms with Crippen molar-refractivity contribution in [2.75, 3.05) is 11.5 Å². The molecule has 3 aliphatic carbocycles. The number of ether oxygens (including phenoxy) is 1. The van der Waals surface area contributed by atoms with E-state index in [0.29, 0.717) is 11.3 Å². The maximum absolute atomic E-state index is 14.3. The predicted octanol–water partition coefficient (Wildman–Crippen LogP) is 6.85. The summed E-state index contributed by atoms with van der Waals surface area (Å²) in [6.45, 7) is 15.2. The summed E-state index contributed by atoms with van der Waals surface area (Å²) >= 11 is 0. The average molecular weight is 536 g/mol. The van der Waals surface area contributed by atoms with Crippen LogP contribution < -0.4 is 4.90 Å². The number of imide groups is 1. The third-order valence-electron chi connectivity index (χ3n) is 8.98. The molecule has 4 unspecified atom stereocenters. The Kier molecular flexibility index (Phi) is 5.89. The van der Waals surface area contributed by atoms with Gasteiger partial charge in [0.2, 0.25) is 11.8 Å². The quantitative estimate of drug-likeness (QED) is 0.272. The highest BCUT2D eigenvalue weighted by molar-refractivity contribution is 6.23. The minimum absolute atomic E-state index is 0.0425. The summed E-state index contributed by atoms with van der Waals surface area (Å²) in [5, 5.41) is 0. The van der Waals surface area contributed by atoms with Gasteiger partial charge in [-0.25, -0.2) is 9.69 Å². The van der Waals surface area contributed by atoms with Crippen LogP contribution in [0.3, 0.4) is 0 Å². The largest absolute Gasteiger partial charge is 0.462 e. The van der Waals surface area contributed by atoms with Crippen LogP contribution in [0.15, 0.2) is 60.7 Å². The van der Waals surface area contributed by atoms with Crippen LogP contribution >= 0.6 is 0 Å². The van der Waals surface area contributed by atoms with Gasteiger partial charge in [-0.15, -0.1) is 0 Å². The number of carbonyl (C=O) groups is 3. The number of rotatable bonds is 3. The molecule has 1 heterocycles. The van der Waals surface area contributed by atoms with Gasteiger partial charge in [0.25, 0.3) is 0 Å². The van der Waals surface area contributed by atoms with Crippen molar-refractivity contribution in [3.63, 3.8) is 0 Å². The maximum atomic E-state index is 14.3. The van der Waals surface area contributed by atoms with E-state index in [2.05, 4.69) is 77.9 Å². The zero-order valence-corrected chi connectivity index (χ0v) is 24.4. The number of benzene rings is 3. The van der Waals surface area contributed by atoms with E-state index in [4.69, 9.17) is 4.74 Å². The van der Waals surface area contributed by atoms with Crippen molar-refractivity contribution in [2.45, 2.75) is 71.1 Å².